The Morgan fingerprint density at radius 2 is 1.90 bits per heavy atom. The van der Waals surface area contributed by atoms with Crippen LogP contribution in [0.4, 0.5) is 5.69 Å². The van der Waals surface area contributed by atoms with Crippen molar-refractivity contribution in [2.24, 2.45) is 0 Å². The molecule has 0 aliphatic heterocycles. The number of carbonyl (C=O) groups is 1. The first-order chi connectivity index (χ1) is 9.90. The van der Waals surface area contributed by atoms with Crippen molar-refractivity contribution >= 4 is 43.3 Å². The number of ketones is 1. The number of Topliss-reactive ketones (excluding diaryl/α,β-unsaturated/α-hetero) is 1. The molecule has 8 heteroatoms. The third kappa shape index (κ3) is 3.45. The Balaban J connectivity index is 2.40. The molecule has 0 aliphatic carbocycles. The van der Waals surface area contributed by atoms with E-state index in [1.54, 1.807) is 24.3 Å². The molecule has 0 amide bonds. The van der Waals surface area contributed by atoms with Crippen LogP contribution in [0.25, 0.3) is 0 Å². The van der Waals surface area contributed by atoms with Crippen LogP contribution in [0.3, 0.4) is 0 Å². The van der Waals surface area contributed by atoms with Gasteiger partial charge in [-0.2, -0.15) is 0 Å². The van der Waals surface area contributed by atoms with Gasteiger partial charge in [0.2, 0.25) is 0 Å². The number of aromatic nitrogens is 1. The van der Waals surface area contributed by atoms with Crippen LogP contribution in [-0.4, -0.2) is 15.3 Å². The summed E-state index contributed by atoms with van der Waals surface area (Å²) in [5.41, 5.74) is -0.352. The zero-order valence-corrected chi connectivity index (χ0v) is 13.6. The minimum absolute atomic E-state index is 0.0385. The van der Waals surface area contributed by atoms with Gasteiger partial charge in [-0.3, -0.25) is 24.3 Å². The fraction of sp³-hybridized carbons (Fsp3) is 0.0769. The number of hydrogen-bond acceptors (Lipinski definition) is 4. The molecule has 1 aromatic heterocycles. The first-order valence-electron chi connectivity index (χ1n) is 5.72. The van der Waals surface area contributed by atoms with Crippen LogP contribution in [0.2, 0.25) is 0 Å². The van der Waals surface area contributed by atoms with E-state index in [1.807, 2.05) is 0 Å². The predicted molar refractivity (Wildman–Crippen MR) is 83.5 cm³/mol. The van der Waals surface area contributed by atoms with Gasteiger partial charge in [-0.15, -0.1) is 0 Å². The molecule has 0 atom stereocenters. The van der Waals surface area contributed by atoms with Crippen LogP contribution in [0.5, 0.6) is 0 Å². The molecule has 1 heterocycles. The lowest BCUT2D eigenvalue weighted by atomic mass is 10.1. The number of rotatable bonds is 4. The highest BCUT2D eigenvalue weighted by Gasteiger charge is 2.16. The molecular formula is C13H8Br2N2O4. The monoisotopic (exact) mass is 414 g/mol. The maximum Gasteiger partial charge on any atom is 0.286 e. The van der Waals surface area contributed by atoms with E-state index < -0.39 is 10.5 Å². The van der Waals surface area contributed by atoms with Gasteiger partial charge < -0.3 is 0 Å². The first-order valence-corrected chi connectivity index (χ1v) is 7.31. The van der Waals surface area contributed by atoms with Crippen LogP contribution in [0, 0.1) is 10.1 Å². The van der Waals surface area contributed by atoms with Crippen molar-refractivity contribution in [3.8, 4) is 0 Å². The van der Waals surface area contributed by atoms with Crippen molar-refractivity contribution < 1.29 is 9.72 Å². The number of nitro groups is 1. The van der Waals surface area contributed by atoms with Gasteiger partial charge in [0.05, 0.1) is 22.1 Å². The molecule has 108 valence electrons. The lowest BCUT2D eigenvalue weighted by Gasteiger charge is -2.07. The maximum atomic E-state index is 12.2. The molecule has 0 aliphatic rings. The molecule has 21 heavy (non-hydrogen) atoms. The Kier molecular flexibility index (Phi) is 4.69. The Morgan fingerprint density at radius 1 is 1.24 bits per heavy atom. The van der Waals surface area contributed by atoms with E-state index in [1.165, 1.54) is 0 Å². The zero-order valence-electron chi connectivity index (χ0n) is 10.5. The Labute approximate surface area is 135 Å². The van der Waals surface area contributed by atoms with Crippen LogP contribution in [0.15, 0.2) is 50.3 Å². The molecule has 2 aromatic rings. The fourth-order valence-corrected chi connectivity index (χ4v) is 2.70. The van der Waals surface area contributed by atoms with Gasteiger partial charge in [-0.05, 0) is 22.0 Å². The van der Waals surface area contributed by atoms with E-state index >= 15 is 0 Å². The summed E-state index contributed by atoms with van der Waals surface area (Å²) < 4.78 is 1.66. The summed E-state index contributed by atoms with van der Waals surface area (Å²) >= 11 is 6.22. The normalized spacial score (nSPS) is 10.4. The standard InChI is InChI=1S/C13H8Br2N2O4/c14-10-4-2-1-3-9(10)12(18)7-16-6-8(17(20)21)5-11(15)13(16)19/h1-6H,7H2. The van der Waals surface area contributed by atoms with Crippen LogP contribution in [-0.2, 0) is 6.54 Å². The molecule has 0 saturated heterocycles. The smallest absolute Gasteiger partial charge is 0.286 e. The predicted octanol–water partition coefficient (Wildman–Crippen LogP) is 3.16. The molecule has 6 nitrogen and oxygen atoms in total. The van der Waals surface area contributed by atoms with Crippen molar-refractivity contribution in [3.05, 3.63) is 71.5 Å². The second-order valence-electron chi connectivity index (χ2n) is 4.14. The number of halogens is 2. The number of carbonyl (C=O) groups excluding carboxylic acids is 1. The van der Waals surface area contributed by atoms with Crippen molar-refractivity contribution in [1.29, 1.82) is 0 Å². The molecule has 0 spiro atoms. The highest BCUT2D eigenvalue weighted by molar-refractivity contribution is 9.10. The fourth-order valence-electron chi connectivity index (χ4n) is 1.73. The second-order valence-corrected chi connectivity index (χ2v) is 5.85. The molecule has 2 rings (SSSR count). The minimum Gasteiger partial charge on any atom is -0.300 e. The molecule has 0 N–H and O–H groups in total. The van der Waals surface area contributed by atoms with Crippen molar-refractivity contribution in [2.75, 3.05) is 0 Å². The number of nitrogens with zero attached hydrogens (tertiary/aromatic N) is 2. The average molecular weight is 416 g/mol. The molecule has 0 radical (unpaired) electrons. The summed E-state index contributed by atoms with van der Waals surface area (Å²) in [4.78, 5) is 34.3. The van der Waals surface area contributed by atoms with Crippen LogP contribution < -0.4 is 5.56 Å². The summed E-state index contributed by atoms with van der Waals surface area (Å²) in [6.07, 6.45) is 1.06. The van der Waals surface area contributed by atoms with E-state index in [2.05, 4.69) is 31.9 Å². The van der Waals surface area contributed by atoms with Crippen molar-refractivity contribution in [2.45, 2.75) is 6.54 Å². The van der Waals surface area contributed by atoms with Crippen LogP contribution in [0.1, 0.15) is 10.4 Å². The maximum absolute atomic E-state index is 12.2. The first kappa shape index (κ1) is 15.6. The number of pyridine rings is 1. The average Bonchev–Trinajstić information content (AvgIpc) is 2.43. The van der Waals surface area contributed by atoms with Crippen molar-refractivity contribution in [3.63, 3.8) is 0 Å². The van der Waals surface area contributed by atoms with Crippen LogP contribution >= 0.6 is 31.9 Å². The van der Waals surface area contributed by atoms with Gasteiger partial charge in [0, 0.05) is 16.1 Å². The largest absolute Gasteiger partial charge is 0.300 e. The number of benzene rings is 1. The minimum atomic E-state index is -0.621. The molecule has 0 unspecified atom stereocenters. The van der Waals surface area contributed by atoms with Crippen molar-refractivity contribution in [1.82, 2.24) is 4.57 Å². The van der Waals surface area contributed by atoms with Gasteiger partial charge in [0.25, 0.3) is 11.2 Å². The summed E-state index contributed by atoms with van der Waals surface area (Å²) in [5, 5.41) is 10.8. The highest BCUT2D eigenvalue weighted by atomic mass is 79.9. The van der Waals surface area contributed by atoms with E-state index in [0.717, 1.165) is 16.8 Å². The Morgan fingerprint density at radius 3 is 2.52 bits per heavy atom. The molecule has 1 aromatic carbocycles. The summed E-state index contributed by atoms with van der Waals surface area (Å²) in [6, 6.07) is 7.89. The van der Waals surface area contributed by atoms with Gasteiger partial charge in [-0.25, -0.2) is 0 Å². The zero-order chi connectivity index (χ0) is 15.6. The van der Waals surface area contributed by atoms with Gasteiger partial charge in [0.1, 0.15) is 0 Å². The Hall–Kier alpha value is -1.80. The Bertz CT molecular complexity index is 786. The summed E-state index contributed by atoms with van der Waals surface area (Å²) in [7, 11) is 0. The SMILES string of the molecule is O=C(Cn1cc([N+](=O)[O-])cc(Br)c1=O)c1ccccc1Br. The van der Waals surface area contributed by atoms with Gasteiger partial charge in [-0.1, -0.05) is 34.1 Å². The third-order valence-electron chi connectivity index (χ3n) is 2.73. The quantitative estimate of drug-likeness (QED) is 0.436. The number of hydrogen-bond donors (Lipinski definition) is 0. The lowest BCUT2D eigenvalue weighted by molar-refractivity contribution is -0.385. The van der Waals surface area contributed by atoms with E-state index in [0.29, 0.717) is 10.0 Å². The summed E-state index contributed by atoms with van der Waals surface area (Å²) in [6.45, 7) is -0.276. The van der Waals surface area contributed by atoms with Gasteiger partial charge in [0.15, 0.2) is 5.78 Å². The summed E-state index contributed by atoms with van der Waals surface area (Å²) in [5.74, 6) is -0.322. The topological polar surface area (TPSA) is 82.2 Å². The lowest BCUT2D eigenvalue weighted by Crippen LogP contribution is -2.25. The van der Waals surface area contributed by atoms with E-state index in [-0.39, 0.29) is 22.5 Å². The molecule has 0 saturated carbocycles. The van der Waals surface area contributed by atoms with E-state index in [4.69, 9.17) is 0 Å². The third-order valence-corrected chi connectivity index (χ3v) is 3.99. The molecule has 0 fully saturated rings. The van der Waals surface area contributed by atoms with Gasteiger partial charge >= 0.3 is 0 Å². The molecule has 0 bridgehead atoms. The highest BCUT2D eigenvalue weighted by Crippen LogP contribution is 2.18. The molecular weight excluding hydrogens is 408 g/mol. The van der Waals surface area contributed by atoms with E-state index in [9.17, 15) is 19.7 Å². The second kappa shape index (κ2) is 6.31.